The Balaban J connectivity index is 1.34. The summed E-state index contributed by atoms with van der Waals surface area (Å²) in [6.45, 7) is 0. The second kappa shape index (κ2) is 12.7. The van der Waals surface area contributed by atoms with Gasteiger partial charge in [-0.05, 0) is 89.2 Å². The quantitative estimate of drug-likeness (QED) is 0.157. The highest BCUT2D eigenvalue weighted by Crippen LogP contribution is 2.63. The molecule has 3 atom stereocenters. The van der Waals surface area contributed by atoms with Gasteiger partial charge in [0, 0.05) is 36.9 Å². The first-order valence-electron chi connectivity index (χ1n) is 19.6. The maximum atomic E-state index is 2.65. The van der Waals surface area contributed by atoms with E-state index in [9.17, 15) is 0 Å². The zero-order valence-corrected chi connectivity index (χ0v) is 32.5. The Bertz CT molecular complexity index is 3380. The van der Waals surface area contributed by atoms with Gasteiger partial charge in [0.2, 0.25) is 0 Å². The molecule has 1 aliphatic carbocycles. The molecule has 1 aliphatic rings. The Morgan fingerprint density at radius 3 is 1.61 bits per heavy atom. The third-order valence-electron chi connectivity index (χ3n) is 12.2. The maximum absolute atomic E-state index is 2.65. The molecule has 0 fully saturated rings. The van der Waals surface area contributed by atoms with Crippen LogP contribution in [0, 0.1) is 0 Å². The van der Waals surface area contributed by atoms with Crippen molar-refractivity contribution in [1.82, 2.24) is 0 Å². The molecule has 0 bridgehead atoms. The molecule has 0 nitrogen and oxygen atoms in total. The van der Waals surface area contributed by atoms with E-state index in [0.717, 1.165) is 6.42 Å². The fraction of sp³-hybridized carbons (Fsp3) is 0.0370. The van der Waals surface area contributed by atoms with E-state index in [1.165, 1.54) is 102 Å². The normalized spacial score (nSPS) is 15.0. The second-order valence-electron chi connectivity index (χ2n) is 15.1. The highest BCUT2D eigenvalue weighted by Gasteiger charge is 2.26. The molecule has 262 valence electrons. The highest BCUT2D eigenvalue weighted by atomic mass is 31.1. The van der Waals surface area contributed by atoms with Crippen molar-refractivity contribution in [3.8, 4) is 27.6 Å². The maximum Gasteiger partial charge on any atom is 0.0203 e. The topological polar surface area (TPSA) is 0 Å². The molecule has 0 radical (unpaired) electrons. The summed E-state index contributed by atoms with van der Waals surface area (Å²) in [5, 5.41) is 21.1. The third kappa shape index (κ3) is 4.61. The molecule has 0 spiro atoms. The number of fused-ring (bicyclic) bond motifs is 11. The van der Waals surface area contributed by atoms with E-state index in [1.807, 2.05) is 0 Å². The minimum absolute atomic E-state index is 0.446. The van der Waals surface area contributed by atoms with Gasteiger partial charge in [-0.25, -0.2) is 0 Å². The van der Waals surface area contributed by atoms with E-state index in [1.54, 1.807) is 0 Å². The summed E-state index contributed by atoms with van der Waals surface area (Å²) in [5.74, 6) is 0. The van der Waals surface area contributed by atoms with E-state index in [-0.39, 0.29) is 0 Å². The van der Waals surface area contributed by atoms with Gasteiger partial charge >= 0.3 is 0 Å². The number of benzene rings is 9. The van der Waals surface area contributed by atoms with Crippen LogP contribution in [0.1, 0.15) is 12.1 Å². The SMILES string of the molecule is C1=CCC(p2c3ccccc3c3c4c(ccc5c4c4ccccc4p5-c4ccccc4)c(-c4c5ccccc5c(-c5ccccc5)c5ccccc45)cc32)C=C1. The molecule has 9 aromatic carbocycles. The molecule has 0 N–H and O–H groups in total. The second-order valence-corrected chi connectivity index (χ2v) is 19.6. The summed E-state index contributed by atoms with van der Waals surface area (Å²) >= 11 is 0. The van der Waals surface area contributed by atoms with Crippen LogP contribution in [0.2, 0.25) is 0 Å². The van der Waals surface area contributed by atoms with Crippen molar-refractivity contribution in [3.63, 3.8) is 0 Å². The Morgan fingerprint density at radius 1 is 0.393 bits per heavy atom. The molecule has 0 saturated carbocycles. The molecule has 0 saturated heterocycles. The minimum Gasteiger partial charge on any atom is -0.101 e. The van der Waals surface area contributed by atoms with Gasteiger partial charge < -0.3 is 0 Å². The third-order valence-corrected chi connectivity index (χ3v) is 17.5. The lowest BCUT2D eigenvalue weighted by atomic mass is 9.84. The van der Waals surface area contributed by atoms with Crippen LogP contribution in [-0.2, 0) is 0 Å². The fourth-order valence-electron chi connectivity index (χ4n) is 9.96. The Kier molecular flexibility index (Phi) is 7.28. The molecule has 11 aromatic rings. The van der Waals surface area contributed by atoms with Crippen LogP contribution >= 0.6 is 15.1 Å². The first-order valence-corrected chi connectivity index (χ1v) is 22.4. The average molecular weight is 747 g/mol. The molecule has 2 heterocycles. The van der Waals surface area contributed by atoms with Crippen LogP contribution in [0.15, 0.2) is 200 Å². The summed E-state index contributed by atoms with van der Waals surface area (Å²) < 4.78 is 0. The van der Waals surface area contributed by atoms with Crippen LogP contribution in [0.3, 0.4) is 0 Å². The molecule has 3 unspecified atom stereocenters. The van der Waals surface area contributed by atoms with E-state index in [2.05, 4.69) is 200 Å². The lowest BCUT2D eigenvalue weighted by Crippen LogP contribution is -1.92. The predicted octanol–water partition coefficient (Wildman–Crippen LogP) is 17.1. The minimum atomic E-state index is -0.708. The molecular formula is C54H36P2. The molecule has 2 aromatic heterocycles. The lowest BCUT2D eigenvalue weighted by Gasteiger charge is -2.20. The van der Waals surface area contributed by atoms with Crippen LogP contribution in [-0.4, -0.2) is 0 Å². The molecule has 0 aliphatic heterocycles. The molecule has 12 rings (SSSR count). The van der Waals surface area contributed by atoms with Gasteiger partial charge in [-0.2, -0.15) is 0 Å². The van der Waals surface area contributed by atoms with Gasteiger partial charge in [0.05, 0.1) is 0 Å². The van der Waals surface area contributed by atoms with Crippen LogP contribution in [0.5, 0.6) is 0 Å². The predicted molar refractivity (Wildman–Crippen MR) is 249 cm³/mol. The van der Waals surface area contributed by atoms with Crippen LogP contribution in [0.25, 0.3) is 102 Å². The van der Waals surface area contributed by atoms with Crippen molar-refractivity contribution >= 4 is 89.4 Å². The molecule has 2 heteroatoms. The number of allylic oxidation sites excluding steroid dienone is 4. The van der Waals surface area contributed by atoms with E-state index in [0.29, 0.717) is 5.66 Å². The van der Waals surface area contributed by atoms with Crippen molar-refractivity contribution in [2.75, 3.05) is 0 Å². The number of hydrogen-bond acceptors (Lipinski definition) is 0. The number of hydrogen-bond donors (Lipinski definition) is 0. The molecular weight excluding hydrogens is 711 g/mol. The van der Waals surface area contributed by atoms with E-state index in [4.69, 9.17) is 0 Å². The largest absolute Gasteiger partial charge is 0.101 e. The van der Waals surface area contributed by atoms with Gasteiger partial charge in [-0.15, -0.1) is 7.53 Å². The lowest BCUT2D eigenvalue weighted by molar-refractivity contribution is 0.994. The summed E-state index contributed by atoms with van der Waals surface area (Å²) in [4.78, 5) is 0. The summed E-state index contributed by atoms with van der Waals surface area (Å²) in [7, 11) is -1.37. The van der Waals surface area contributed by atoms with Crippen molar-refractivity contribution in [2.24, 2.45) is 0 Å². The summed E-state index contributed by atoms with van der Waals surface area (Å²) in [6, 6.07) is 66.8. The van der Waals surface area contributed by atoms with Crippen LogP contribution in [0.4, 0.5) is 0 Å². The fourth-order valence-corrected chi connectivity index (χ4v) is 15.6. The van der Waals surface area contributed by atoms with Crippen molar-refractivity contribution in [2.45, 2.75) is 12.1 Å². The average Bonchev–Trinajstić information content (AvgIpc) is 3.79. The Labute approximate surface area is 327 Å². The highest BCUT2D eigenvalue weighted by molar-refractivity contribution is 7.68. The zero-order valence-electron chi connectivity index (χ0n) is 30.7. The summed E-state index contributed by atoms with van der Waals surface area (Å²) in [6.07, 6.45) is 10.4. The van der Waals surface area contributed by atoms with Crippen LogP contribution < -0.4 is 0 Å². The molecule has 56 heavy (non-hydrogen) atoms. The Hall–Kier alpha value is -6.16. The molecule has 0 amide bonds. The van der Waals surface area contributed by atoms with Gasteiger partial charge in [-0.1, -0.05) is 196 Å². The van der Waals surface area contributed by atoms with Gasteiger partial charge in [-0.3, -0.25) is 0 Å². The van der Waals surface area contributed by atoms with Crippen molar-refractivity contribution in [3.05, 3.63) is 200 Å². The monoisotopic (exact) mass is 746 g/mol. The number of rotatable bonds is 4. The first-order chi connectivity index (χ1) is 27.8. The zero-order chi connectivity index (χ0) is 36.7. The standard InChI is InChI=1S/C54H36P2/c1-4-18-35(19-5-1)50-38-24-10-12-26-40(38)51(41-27-13-11-25-39(41)50)45-34-49-53(44-29-15-17-31-47(44)56(49)37-22-8-3-9-23-37)54-42(45)32-33-48-52(54)43-28-14-16-30-46(43)55(48)36-20-6-2-7-21-36/h1-22,24-34,37H,23H2. The van der Waals surface area contributed by atoms with Gasteiger partial charge in [0.25, 0.3) is 0 Å². The smallest absolute Gasteiger partial charge is 0.0203 e. The van der Waals surface area contributed by atoms with Gasteiger partial charge in [0.15, 0.2) is 0 Å². The van der Waals surface area contributed by atoms with E-state index < -0.39 is 15.1 Å². The van der Waals surface area contributed by atoms with E-state index >= 15 is 0 Å². The first kappa shape index (κ1) is 32.1. The van der Waals surface area contributed by atoms with Gasteiger partial charge in [0.1, 0.15) is 0 Å². The summed E-state index contributed by atoms with van der Waals surface area (Å²) in [5.41, 5.74) is 5.69. The van der Waals surface area contributed by atoms with Crippen molar-refractivity contribution in [1.29, 1.82) is 0 Å². The van der Waals surface area contributed by atoms with Crippen molar-refractivity contribution < 1.29 is 0 Å². The Morgan fingerprint density at radius 2 is 0.946 bits per heavy atom.